The number of methoxy groups -OCH3 is 1. The minimum atomic E-state index is -2.94. The zero-order chi connectivity index (χ0) is 17.4. The number of rotatable bonds is 8. The average Bonchev–Trinajstić information content (AvgIpc) is 2.59. The van der Waals surface area contributed by atoms with Gasteiger partial charge < -0.3 is 25.0 Å². The quantitative estimate of drug-likeness (QED) is 0.674. The summed E-state index contributed by atoms with van der Waals surface area (Å²) in [7, 11) is 1.34. The lowest BCUT2D eigenvalue weighted by atomic mass is 10.2. The van der Waals surface area contributed by atoms with Crippen LogP contribution in [-0.2, 0) is 0 Å². The van der Waals surface area contributed by atoms with Gasteiger partial charge in [0.1, 0.15) is 0 Å². The van der Waals surface area contributed by atoms with Crippen LogP contribution in [0.25, 0.3) is 0 Å². The number of hydrogen-bond acceptors (Lipinski definition) is 5. The zero-order valence-corrected chi connectivity index (χ0v) is 14.9. The fourth-order valence-corrected chi connectivity index (χ4v) is 2.54. The first-order valence-electron chi connectivity index (χ1n) is 7.94. The summed E-state index contributed by atoms with van der Waals surface area (Å²) in [5, 5.41) is 6.12. The number of amides is 1. The minimum Gasteiger partial charge on any atom is -0.493 e. The van der Waals surface area contributed by atoms with Crippen molar-refractivity contribution < 1.29 is 23.0 Å². The Bertz CT molecular complexity index is 543. The number of nitrogens with zero attached hydrogens (tertiary/aromatic N) is 1. The maximum Gasteiger partial charge on any atom is 0.387 e. The summed E-state index contributed by atoms with van der Waals surface area (Å²) >= 11 is 0. The van der Waals surface area contributed by atoms with Crippen LogP contribution in [0.2, 0.25) is 0 Å². The number of piperazine rings is 1. The molecule has 142 valence electrons. The lowest BCUT2D eigenvalue weighted by Crippen LogP contribution is -2.44. The van der Waals surface area contributed by atoms with E-state index in [-0.39, 0.29) is 29.8 Å². The van der Waals surface area contributed by atoms with Gasteiger partial charge in [-0.1, -0.05) is 0 Å². The Balaban J connectivity index is 0.00000312. The summed E-state index contributed by atoms with van der Waals surface area (Å²) in [4.78, 5) is 14.5. The van der Waals surface area contributed by atoms with E-state index in [4.69, 9.17) is 4.74 Å². The van der Waals surface area contributed by atoms with Crippen LogP contribution in [0.5, 0.6) is 11.5 Å². The van der Waals surface area contributed by atoms with Gasteiger partial charge in [0.25, 0.3) is 5.91 Å². The number of carbonyl (C=O) groups excluding carboxylic acids is 1. The van der Waals surface area contributed by atoms with Crippen molar-refractivity contribution in [2.45, 2.75) is 13.0 Å². The normalized spacial score (nSPS) is 14.7. The number of ether oxygens (including phenoxy) is 2. The Morgan fingerprint density at radius 3 is 2.68 bits per heavy atom. The first-order chi connectivity index (χ1) is 11.6. The van der Waals surface area contributed by atoms with E-state index in [1.807, 2.05) is 0 Å². The van der Waals surface area contributed by atoms with Gasteiger partial charge in [0, 0.05) is 38.3 Å². The number of alkyl halides is 2. The summed E-state index contributed by atoms with van der Waals surface area (Å²) in [5.41, 5.74) is 0.343. The van der Waals surface area contributed by atoms with Crippen molar-refractivity contribution in [3.05, 3.63) is 23.8 Å². The van der Waals surface area contributed by atoms with Crippen LogP contribution in [0.15, 0.2) is 18.2 Å². The molecule has 0 aromatic heterocycles. The summed E-state index contributed by atoms with van der Waals surface area (Å²) in [6.07, 6.45) is 0.857. The zero-order valence-electron chi connectivity index (χ0n) is 14.1. The van der Waals surface area contributed by atoms with Crippen LogP contribution < -0.4 is 20.1 Å². The molecule has 0 atom stereocenters. The van der Waals surface area contributed by atoms with Crippen LogP contribution in [0.3, 0.4) is 0 Å². The average molecular weight is 380 g/mol. The molecule has 0 saturated carbocycles. The van der Waals surface area contributed by atoms with E-state index in [9.17, 15) is 13.6 Å². The molecular formula is C16H24ClF2N3O3. The third-order valence-corrected chi connectivity index (χ3v) is 3.79. The monoisotopic (exact) mass is 379 g/mol. The molecule has 0 spiro atoms. The van der Waals surface area contributed by atoms with E-state index < -0.39 is 6.61 Å². The fraction of sp³-hybridized carbons (Fsp3) is 0.562. The molecule has 0 aliphatic carbocycles. The van der Waals surface area contributed by atoms with Crippen molar-refractivity contribution in [1.29, 1.82) is 0 Å². The second kappa shape index (κ2) is 11.1. The van der Waals surface area contributed by atoms with E-state index in [1.165, 1.54) is 25.3 Å². The van der Waals surface area contributed by atoms with Crippen molar-refractivity contribution in [3.63, 3.8) is 0 Å². The van der Waals surface area contributed by atoms with Gasteiger partial charge in [0.15, 0.2) is 11.5 Å². The smallest absolute Gasteiger partial charge is 0.387 e. The van der Waals surface area contributed by atoms with E-state index in [0.717, 1.165) is 39.1 Å². The highest BCUT2D eigenvalue weighted by Gasteiger charge is 2.14. The molecule has 1 amide bonds. The number of nitrogens with one attached hydrogen (secondary N) is 2. The topological polar surface area (TPSA) is 62.8 Å². The van der Waals surface area contributed by atoms with Crippen LogP contribution in [-0.4, -0.2) is 63.8 Å². The predicted octanol–water partition coefficient (Wildman–Crippen LogP) is 1.74. The van der Waals surface area contributed by atoms with E-state index in [2.05, 4.69) is 20.3 Å². The molecule has 1 aliphatic heterocycles. The number of carbonyl (C=O) groups is 1. The third kappa shape index (κ3) is 7.01. The maximum absolute atomic E-state index is 12.3. The van der Waals surface area contributed by atoms with Crippen LogP contribution in [0, 0.1) is 0 Å². The molecule has 1 fully saturated rings. The molecule has 2 rings (SSSR count). The molecular weight excluding hydrogens is 356 g/mol. The Kier molecular flexibility index (Phi) is 9.48. The van der Waals surface area contributed by atoms with E-state index in [1.54, 1.807) is 0 Å². The van der Waals surface area contributed by atoms with Crippen molar-refractivity contribution in [2.24, 2.45) is 0 Å². The highest BCUT2D eigenvalue weighted by molar-refractivity contribution is 5.94. The van der Waals surface area contributed by atoms with Gasteiger partial charge in [-0.2, -0.15) is 8.78 Å². The van der Waals surface area contributed by atoms with Gasteiger partial charge in [0.05, 0.1) is 7.11 Å². The largest absolute Gasteiger partial charge is 0.493 e. The fourth-order valence-electron chi connectivity index (χ4n) is 2.54. The lowest BCUT2D eigenvalue weighted by Gasteiger charge is -2.27. The molecule has 9 heteroatoms. The Morgan fingerprint density at radius 2 is 2.04 bits per heavy atom. The Morgan fingerprint density at radius 1 is 1.32 bits per heavy atom. The highest BCUT2D eigenvalue weighted by Crippen LogP contribution is 2.29. The van der Waals surface area contributed by atoms with Gasteiger partial charge >= 0.3 is 6.61 Å². The number of benzene rings is 1. The molecule has 1 aliphatic rings. The van der Waals surface area contributed by atoms with Crippen molar-refractivity contribution in [2.75, 3.05) is 46.4 Å². The van der Waals surface area contributed by atoms with Crippen molar-refractivity contribution in [3.8, 4) is 11.5 Å². The second-order valence-corrected chi connectivity index (χ2v) is 5.45. The van der Waals surface area contributed by atoms with E-state index >= 15 is 0 Å². The highest BCUT2D eigenvalue weighted by atomic mass is 35.5. The Hall–Kier alpha value is -1.64. The standard InChI is InChI=1S/C16H23F2N3O3.ClH/c1-23-14-11-12(3-4-13(14)24-16(17)18)15(22)20-5-2-8-21-9-6-19-7-10-21;/h3-4,11,16,19H,2,5-10H2,1H3,(H,20,22);1H. The first kappa shape index (κ1) is 21.4. The summed E-state index contributed by atoms with van der Waals surface area (Å²) in [6.45, 7) is 2.60. The molecule has 1 aromatic carbocycles. The predicted molar refractivity (Wildman–Crippen MR) is 93.1 cm³/mol. The van der Waals surface area contributed by atoms with Gasteiger partial charge in [-0.25, -0.2) is 0 Å². The van der Waals surface area contributed by atoms with Crippen molar-refractivity contribution >= 4 is 18.3 Å². The molecule has 2 N–H and O–H groups in total. The Labute approximate surface area is 152 Å². The molecule has 1 aromatic rings. The number of hydrogen-bond donors (Lipinski definition) is 2. The molecule has 1 saturated heterocycles. The molecule has 0 bridgehead atoms. The minimum absolute atomic E-state index is 0. The summed E-state index contributed by atoms with van der Waals surface area (Å²) in [5.74, 6) is -0.260. The summed E-state index contributed by atoms with van der Waals surface area (Å²) in [6, 6.07) is 4.13. The van der Waals surface area contributed by atoms with Gasteiger partial charge in [0.2, 0.25) is 0 Å². The number of halogens is 3. The van der Waals surface area contributed by atoms with Crippen LogP contribution in [0.4, 0.5) is 8.78 Å². The van der Waals surface area contributed by atoms with Gasteiger partial charge in [-0.05, 0) is 31.2 Å². The van der Waals surface area contributed by atoms with E-state index in [0.29, 0.717) is 12.1 Å². The van der Waals surface area contributed by atoms with Crippen molar-refractivity contribution in [1.82, 2.24) is 15.5 Å². The molecule has 0 unspecified atom stereocenters. The summed E-state index contributed by atoms with van der Waals surface area (Å²) < 4.78 is 33.9. The van der Waals surface area contributed by atoms with Gasteiger partial charge in [-0.15, -0.1) is 12.4 Å². The van der Waals surface area contributed by atoms with Crippen LogP contribution in [0.1, 0.15) is 16.8 Å². The first-order valence-corrected chi connectivity index (χ1v) is 7.94. The molecule has 6 nitrogen and oxygen atoms in total. The molecule has 25 heavy (non-hydrogen) atoms. The van der Waals surface area contributed by atoms with Crippen LogP contribution >= 0.6 is 12.4 Å². The SMILES string of the molecule is COc1cc(C(=O)NCCCN2CCNCC2)ccc1OC(F)F.Cl. The maximum atomic E-state index is 12.3. The molecule has 1 heterocycles. The molecule has 0 radical (unpaired) electrons. The second-order valence-electron chi connectivity index (χ2n) is 5.45. The third-order valence-electron chi connectivity index (χ3n) is 3.79. The van der Waals surface area contributed by atoms with Gasteiger partial charge in [-0.3, -0.25) is 4.79 Å². The lowest BCUT2D eigenvalue weighted by molar-refractivity contribution is -0.0512.